The molecule has 0 aliphatic carbocycles. The Bertz CT molecular complexity index is 105. The van der Waals surface area contributed by atoms with E-state index in [1.165, 1.54) is 12.8 Å². The van der Waals surface area contributed by atoms with E-state index in [-0.39, 0.29) is 0 Å². The van der Waals surface area contributed by atoms with Crippen molar-refractivity contribution in [3.63, 3.8) is 0 Å². The van der Waals surface area contributed by atoms with Gasteiger partial charge in [0.15, 0.2) is 0 Å². The molecule has 0 aromatic rings. The summed E-state index contributed by atoms with van der Waals surface area (Å²) in [6.07, 6.45) is 3.14. The van der Waals surface area contributed by atoms with Gasteiger partial charge < -0.3 is 10.4 Å². The Labute approximate surface area is 55.6 Å². The maximum absolute atomic E-state index is 8.78. The van der Waals surface area contributed by atoms with Crippen LogP contribution >= 0.6 is 0 Å². The van der Waals surface area contributed by atoms with Crippen LogP contribution in [-0.4, -0.2) is 17.7 Å². The molecule has 0 saturated carbocycles. The third-order valence-corrected chi connectivity index (χ3v) is 1.64. The van der Waals surface area contributed by atoms with Crippen LogP contribution in [0.5, 0.6) is 0 Å². The predicted molar refractivity (Wildman–Crippen MR) is 37.4 cm³/mol. The Morgan fingerprint density at radius 3 is 3.00 bits per heavy atom. The number of nitrogens with one attached hydrogen (secondary N) is 1. The van der Waals surface area contributed by atoms with Gasteiger partial charge >= 0.3 is 0 Å². The second kappa shape index (κ2) is 2.87. The van der Waals surface area contributed by atoms with Gasteiger partial charge in [-0.3, -0.25) is 0 Å². The van der Waals surface area contributed by atoms with E-state index in [4.69, 9.17) is 5.11 Å². The van der Waals surface area contributed by atoms with Crippen molar-refractivity contribution < 1.29 is 5.11 Å². The summed E-state index contributed by atoms with van der Waals surface area (Å²) in [5.74, 6) is 0.300. The van der Waals surface area contributed by atoms with Gasteiger partial charge in [-0.15, -0.1) is 0 Å². The standard InChI is InChI=1S/C7H13NO/c1-6(9)5-7-3-2-4-8-7/h7-9H,1-5H2. The van der Waals surface area contributed by atoms with Crippen LogP contribution in [0, 0.1) is 0 Å². The number of hydrogen-bond acceptors (Lipinski definition) is 2. The van der Waals surface area contributed by atoms with E-state index < -0.39 is 0 Å². The minimum Gasteiger partial charge on any atom is -0.513 e. The fraction of sp³-hybridized carbons (Fsp3) is 0.714. The zero-order valence-corrected chi connectivity index (χ0v) is 5.56. The smallest absolute Gasteiger partial charge is 0.0866 e. The molecule has 52 valence electrons. The molecule has 1 aliphatic rings. The van der Waals surface area contributed by atoms with Crippen molar-refractivity contribution in [3.8, 4) is 0 Å². The molecule has 9 heavy (non-hydrogen) atoms. The lowest BCUT2D eigenvalue weighted by Crippen LogP contribution is -2.21. The fourth-order valence-electron chi connectivity index (χ4n) is 1.22. The van der Waals surface area contributed by atoms with Crippen LogP contribution in [0.2, 0.25) is 0 Å². The average molecular weight is 127 g/mol. The maximum atomic E-state index is 8.78. The molecule has 0 radical (unpaired) electrons. The Morgan fingerprint density at radius 1 is 1.78 bits per heavy atom. The van der Waals surface area contributed by atoms with Crippen LogP contribution < -0.4 is 5.32 Å². The fourth-order valence-corrected chi connectivity index (χ4v) is 1.22. The van der Waals surface area contributed by atoms with Gasteiger partial charge in [-0.1, -0.05) is 6.58 Å². The van der Waals surface area contributed by atoms with Gasteiger partial charge in [0, 0.05) is 12.5 Å². The summed E-state index contributed by atoms with van der Waals surface area (Å²) in [6.45, 7) is 4.53. The summed E-state index contributed by atoms with van der Waals surface area (Å²) in [5.41, 5.74) is 0. The van der Waals surface area contributed by atoms with Crippen molar-refractivity contribution in [2.75, 3.05) is 6.54 Å². The van der Waals surface area contributed by atoms with Crippen LogP contribution in [-0.2, 0) is 0 Å². The van der Waals surface area contributed by atoms with Crippen molar-refractivity contribution in [1.82, 2.24) is 5.32 Å². The molecule has 1 fully saturated rings. The number of aliphatic hydroxyl groups is 1. The maximum Gasteiger partial charge on any atom is 0.0866 e. The third kappa shape index (κ3) is 2.06. The molecule has 2 N–H and O–H groups in total. The quantitative estimate of drug-likeness (QED) is 0.546. The first-order valence-corrected chi connectivity index (χ1v) is 3.39. The van der Waals surface area contributed by atoms with E-state index in [0.29, 0.717) is 11.8 Å². The molecule has 0 amide bonds. The zero-order chi connectivity index (χ0) is 6.69. The predicted octanol–water partition coefficient (Wildman–Crippen LogP) is 1.20. The number of hydrogen-bond donors (Lipinski definition) is 2. The molecule has 1 saturated heterocycles. The first-order chi connectivity index (χ1) is 4.29. The van der Waals surface area contributed by atoms with Crippen LogP contribution in [0.15, 0.2) is 12.3 Å². The first kappa shape index (κ1) is 6.62. The summed E-state index contributed by atoms with van der Waals surface area (Å²) in [5, 5.41) is 12.0. The topological polar surface area (TPSA) is 32.3 Å². The van der Waals surface area contributed by atoms with E-state index in [2.05, 4.69) is 11.9 Å². The molecular formula is C7H13NO. The second-order valence-electron chi connectivity index (χ2n) is 2.56. The van der Waals surface area contributed by atoms with Crippen LogP contribution in [0.25, 0.3) is 0 Å². The normalized spacial score (nSPS) is 26.4. The summed E-state index contributed by atoms with van der Waals surface area (Å²) >= 11 is 0. The highest BCUT2D eigenvalue weighted by Gasteiger charge is 2.13. The van der Waals surface area contributed by atoms with Crippen LogP contribution in [0.3, 0.4) is 0 Å². The molecule has 1 aliphatic heterocycles. The highest BCUT2D eigenvalue weighted by molar-refractivity contribution is 4.88. The van der Waals surface area contributed by atoms with Crippen molar-refractivity contribution >= 4 is 0 Å². The lowest BCUT2D eigenvalue weighted by molar-refractivity contribution is 0.369. The van der Waals surface area contributed by atoms with Gasteiger partial charge in [0.05, 0.1) is 5.76 Å². The molecule has 2 heteroatoms. The first-order valence-electron chi connectivity index (χ1n) is 3.39. The monoisotopic (exact) mass is 127 g/mol. The summed E-state index contributed by atoms with van der Waals surface area (Å²) < 4.78 is 0. The Balaban J connectivity index is 2.19. The molecule has 1 rings (SSSR count). The van der Waals surface area contributed by atoms with Gasteiger partial charge in [-0.25, -0.2) is 0 Å². The lowest BCUT2D eigenvalue weighted by atomic mass is 10.1. The number of aliphatic hydroxyl groups excluding tert-OH is 1. The van der Waals surface area contributed by atoms with E-state index in [9.17, 15) is 0 Å². The molecule has 1 atom stereocenters. The Morgan fingerprint density at radius 2 is 2.56 bits per heavy atom. The largest absolute Gasteiger partial charge is 0.513 e. The minimum atomic E-state index is 0.300. The SMILES string of the molecule is C=C(O)CC1CCCN1. The average Bonchev–Trinajstić information content (AvgIpc) is 2.15. The van der Waals surface area contributed by atoms with Crippen molar-refractivity contribution in [2.24, 2.45) is 0 Å². The Hall–Kier alpha value is -0.500. The van der Waals surface area contributed by atoms with Crippen LogP contribution in [0.4, 0.5) is 0 Å². The van der Waals surface area contributed by atoms with E-state index >= 15 is 0 Å². The Kier molecular flexibility index (Phi) is 2.11. The molecule has 0 spiro atoms. The highest BCUT2D eigenvalue weighted by atomic mass is 16.3. The summed E-state index contributed by atoms with van der Waals surface area (Å²) in [7, 11) is 0. The van der Waals surface area contributed by atoms with Gasteiger partial charge in [-0.2, -0.15) is 0 Å². The van der Waals surface area contributed by atoms with E-state index in [0.717, 1.165) is 13.0 Å². The highest BCUT2D eigenvalue weighted by Crippen LogP contribution is 2.10. The van der Waals surface area contributed by atoms with Crippen molar-refractivity contribution in [2.45, 2.75) is 25.3 Å². The summed E-state index contributed by atoms with van der Waals surface area (Å²) in [6, 6.07) is 0.488. The van der Waals surface area contributed by atoms with Gasteiger partial charge in [-0.05, 0) is 19.4 Å². The molecule has 1 heterocycles. The molecule has 2 nitrogen and oxygen atoms in total. The third-order valence-electron chi connectivity index (χ3n) is 1.64. The van der Waals surface area contributed by atoms with Crippen LogP contribution in [0.1, 0.15) is 19.3 Å². The second-order valence-corrected chi connectivity index (χ2v) is 2.56. The molecular weight excluding hydrogens is 114 g/mol. The van der Waals surface area contributed by atoms with E-state index in [1.807, 2.05) is 0 Å². The molecule has 1 unspecified atom stereocenters. The summed E-state index contributed by atoms with van der Waals surface area (Å²) in [4.78, 5) is 0. The molecule has 0 bridgehead atoms. The van der Waals surface area contributed by atoms with Crippen molar-refractivity contribution in [3.05, 3.63) is 12.3 Å². The number of rotatable bonds is 2. The zero-order valence-electron chi connectivity index (χ0n) is 5.56. The van der Waals surface area contributed by atoms with Gasteiger partial charge in [0.2, 0.25) is 0 Å². The lowest BCUT2D eigenvalue weighted by Gasteiger charge is -2.06. The van der Waals surface area contributed by atoms with Crippen molar-refractivity contribution in [1.29, 1.82) is 0 Å². The minimum absolute atomic E-state index is 0.300. The van der Waals surface area contributed by atoms with Gasteiger partial charge in [0.25, 0.3) is 0 Å². The molecule has 0 aromatic carbocycles. The van der Waals surface area contributed by atoms with Gasteiger partial charge in [0.1, 0.15) is 0 Å². The van der Waals surface area contributed by atoms with E-state index in [1.54, 1.807) is 0 Å². The molecule has 0 aromatic heterocycles.